The van der Waals surface area contributed by atoms with E-state index in [-0.39, 0.29) is 5.54 Å². The van der Waals surface area contributed by atoms with Gasteiger partial charge in [-0.25, -0.2) is 0 Å². The van der Waals surface area contributed by atoms with Crippen molar-refractivity contribution in [1.82, 2.24) is 15.1 Å². The molecule has 0 aromatic carbocycles. The fraction of sp³-hybridized carbons (Fsp3) is 0.909. The third kappa shape index (κ3) is 3.78. The van der Waals surface area contributed by atoms with Crippen LogP contribution in [-0.2, 0) is 0 Å². The predicted molar refractivity (Wildman–Crippen MR) is 61.6 cm³/mol. The first-order valence-corrected chi connectivity index (χ1v) is 5.57. The zero-order chi connectivity index (χ0) is 11.3. The largest absolute Gasteiger partial charge is 0.308 e. The minimum Gasteiger partial charge on any atom is -0.308 e. The van der Waals surface area contributed by atoms with Crippen molar-refractivity contribution >= 4 is 0 Å². The van der Waals surface area contributed by atoms with Gasteiger partial charge in [-0.05, 0) is 40.5 Å². The molecule has 86 valence electrons. The highest BCUT2D eigenvalue weighted by molar-refractivity contribution is 5.10. The van der Waals surface area contributed by atoms with Crippen LogP contribution in [0.4, 0.5) is 0 Å². The van der Waals surface area contributed by atoms with Crippen molar-refractivity contribution < 1.29 is 0 Å². The molecule has 1 aliphatic rings. The van der Waals surface area contributed by atoms with E-state index in [1.807, 2.05) is 14.1 Å². The van der Waals surface area contributed by atoms with Crippen molar-refractivity contribution in [2.45, 2.75) is 18.4 Å². The van der Waals surface area contributed by atoms with Crippen LogP contribution in [0.1, 0.15) is 12.8 Å². The van der Waals surface area contributed by atoms with Crippen molar-refractivity contribution in [1.29, 1.82) is 5.26 Å². The minimum absolute atomic E-state index is 0.316. The number of piperidine rings is 1. The van der Waals surface area contributed by atoms with Gasteiger partial charge in [0.15, 0.2) is 0 Å². The van der Waals surface area contributed by atoms with Gasteiger partial charge in [0.2, 0.25) is 0 Å². The Morgan fingerprint density at radius 2 is 2.27 bits per heavy atom. The first-order valence-electron chi connectivity index (χ1n) is 5.57. The Bertz CT molecular complexity index is 233. The van der Waals surface area contributed by atoms with Gasteiger partial charge in [-0.15, -0.1) is 0 Å². The predicted octanol–water partition coefficient (Wildman–Crippen LogP) is 0.126. The lowest BCUT2D eigenvalue weighted by Crippen LogP contribution is -2.56. The number of likely N-dealkylation sites (N-methyl/N-ethyl adjacent to an activating group) is 2. The summed E-state index contributed by atoms with van der Waals surface area (Å²) in [5.74, 6) is 0. The van der Waals surface area contributed by atoms with Crippen molar-refractivity contribution in [2.75, 3.05) is 47.3 Å². The van der Waals surface area contributed by atoms with Crippen molar-refractivity contribution in [3.63, 3.8) is 0 Å². The molecule has 4 nitrogen and oxygen atoms in total. The number of rotatable bonds is 4. The highest BCUT2D eigenvalue weighted by Gasteiger charge is 2.33. The molecule has 1 aliphatic heterocycles. The fourth-order valence-electron chi connectivity index (χ4n) is 2.06. The molecule has 0 bridgehead atoms. The molecule has 0 spiro atoms. The molecule has 1 heterocycles. The molecule has 1 fully saturated rings. The third-order valence-corrected chi connectivity index (χ3v) is 2.92. The zero-order valence-corrected chi connectivity index (χ0v) is 10.1. The van der Waals surface area contributed by atoms with E-state index < -0.39 is 0 Å². The SMILES string of the molecule is CN(C)CCNC1(C#N)CCCN(C)C1. The molecule has 0 aromatic rings. The van der Waals surface area contributed by atoms with Crippen LogP contribution in [0.15, 0.2) is 0 Å². The molecule has 15 heavy (non-hydrogen) atoms. The maximum Gasteiger partial charge on any atom is 0.119 e. The van der Waals surface area contributed by atoms with Gasteiger partial charge in [0.05, 0.1) is 6.07 Å². The van der Waals surface area contributed by atoms with Gasteiger partial charge in [0.1, 0.15) is 5.54 Å². The summed E-state index contributed by atoms with van der Waals surface area (Å²) in [6.45, 7) is 3.82. The van der Waals surface area contributed by atoms with Crippen LogP contribution in [0.5, 0.6) is 0 Å². The molecule has 0 aliphatic carbocycles. The average molecular weight is 210 g/mol. The maximum absolute atomic E-state index is 9.27. The molecule has 0 amide bonds. The summed E-state index contributed by atoms with van der Waals surface area (Å²) in [7, 11) is 6.18. The standard InChI is InChI=1S/C11H22N4/c1-14(2)8-6-13-11(9-12)5-4-7-15(3)10-11/h13H,4-8,10H2,1-3H3. The lowest BCUT2D eigenvalue weighted by atomic mass is 9.91. The van der Waals surface area contributed by atoms with Gasteiger partial charge >= 0.3 is 0 Å². The summed E-state index contributed by atoms with van der Waals surface area (Å²) in [6, 6.07) is 2.45. The third-order valence-electron chi connectivity index (χ3n) is 2.92. The molecular weight excluding hydrogens is 188 g/mol. The van der Waals surface area contributed by atoms with Gasteiger partial charge in [-0.1, -0.05) is 0 Å². The zero-order valence-electron chi connectivity index (χ0n) is 10.1. The number of likely N-dealkylation sites (tertiary alicyclic amines) is 1. The molecule has 0 radical (unpaired) electrons. The van der Waals surface area contributed by atoms with E-state index in [9.17, 15) is 5.26 Å². The van der Waals surface area contributed by atoms with Gasteiger partial charge < -0.3 is 9.80 Å². The number of nitriles is 1. The summed E-state index contributed by atoms with van der Waals surface area (Å²) in [6.07, 6.45) is 2.08. The average Bonchev–Trinajstić information content (AvgIpc) is 2.17. The van der Waals surface area contributed by atoms with Gasteiger partial charge in [-0.2, -0.15) is 5.26 Å². The Morgan fingerprint density at radius 1 is 1.53 bits per heavy atom. The molecule has 1 atom stereocenters. The molecule has 4 heteroatoms. The van der Waals surface area contributed by atoms with Crippen molar-refractivity contribution in [2.24, 2.45) is 0 Å². The van der Waals surface area contributed by atoms with Crippen LogP contribution in [0.25, 0.3) is 0 Å². The second-order valence-corrected chi connectivity index (χ2v) is 4.77. The first-order chi connectivity index (χ1) is 7.08. The molecule has 1 saturated heterocycles. The Balaban J connectivity index is 2.42. The Morgan fingerprint density at radius 3 is 2.80 bits per heavy atom. The lowest BCUT2D eigenvalue weighted by molar-refractivity contribution is 0.181. The molecule has 1 unspecified atom stereocenters. The molecule has 1 rings (SSSR count). The van der Waals surface area contributed by atoms with E-state index in [0.29, 0.717) is 0 Å². The normalized spacial score (nSPS) is 27.9. The van der Waals surface area contributed by atoms with Crippen LogP contribution in [0.3, 0.4) is 0 Å². The van der Waals surface area contributed by atoms with E-state index in [0.717, 1.165) is 39.0 Å². The summed E-state index contributed by atoms with van der Waals surface area (Å²) in [4.78, 5) is 4.36. The van der Waals surface area contributed by atoms with E-state index in [1.54, 1.807) is 0 Å². The number of hydrogen-bond donors (Lipinski definition) is 1. The highest BCUT2D eigenvalue weighted by atomic mass is 15.2. The molecule has 0 saturated carbocycles. The second-order valence-electron chi connectivity index (χ2n) is 4.77. The monoisotopic (exact) mass is 210 g/mol. The van der Waals surface area contributed by atoms with E-state index in [2.05, 4.69) is 28.2 Å². The lowest BCUT2D eigenvalue weighted by Gasteiger charge is -2.37. The Labute approximate surface area is 92.8 Å². The maximum atomic E-state index is 9.27. The van der Waals surface area contributed by atoms with Crippen LogP contribution >= 0.6 is 0 Å². The summed E-state index contributed by atoms with van der Waals surface area (Å²) in [5.41, 5.74) is -0.316. The van der Waals surface area contributed by atoms with E-state index in [4.69, 9.17) is 0 Å². The number of nitrogens with one attached hydrogen (secondary N) is 1. The summed E-state index contributed by atoms with van der Waals surface area (Å²) in [5, 5.41) is 12.7. The smallest absolute Gasteiger partial charge is 0.119 e. The van der Waals surface area contributed by atoms with Crippen LogP contribution in [0.2, 0.25) is 0 Å². The second kappa shape index (κ2) is 5.45. The van der Waals surface area contributed by atoms with Crippen LogP contribution in [-0.4, -0.2) is 62.7 Å². The Kier molecular flexibility index (Phi) is 4.52. The van der Waals surface area contributed by atoms with Crippen molar-refractivity contribution in [3.8, 4) is 6.07 Å². The topological polar surface area (TPSA) is 42.3 Å². The number of nitrogens with zero attached hydrogens (tertiary/aromatic N) is 3. The van der Waals surface area contributed by atoms with Gasteiger partial charge in [-0.3, -0.25) is 5.32 Å². The van der Waals surface area contributed by atoms with E-state index >= 15 is 0 Å². The highest BCUT2D eigenvalue weighted by Crippen LogP contribution is 2.19. The van der Waals surface area contributed by atoms with Crippen LogP contribution in [0, 0.1) is 11.3 Å². The van der Waals surface area contributed by atoms with E-state index in [1.165, 1.54) is 0 Å². The van der Waals surface area contributed by atoms with Gasteiger partial charge in [0.25, 0.3) is 0 Å². The van der Waals surface area contributed by atoms with Crippen LogP contribution < -0.4 is 5.32 Å². The number of hydrogen-bond acceptors (Lipinski definition) is 4. The molecular formula is C11H22N4. The molecule has 1 N–H and O–H groups in total. The Hall–Kier alpha value is -0.630. The minimum atomic E-state index is -0.316. The summed E-state index contributed by atoms with van der Waals surface area (Å²) < 4.78 is 0. The van der Waals surface area contributed by atoms with Crippen molar-refractivity contribution in [3.05, 3.63) is 0 Å². The molecule has 0 aromatic heterocycles. The summed E-state index contributed by atoms with van der Waals surface area (Å²) >= 11 is 0. The fourth-order valence-corrected chi connectivity index (χ4v) is 2.06. The quantitative estimate of drug-likeness (QED) is 0.716. The first kappa shape index (κ1) is 12.4. The van der Waals surface area contributed by atoms with Gasteiger partial charge in [0, 0.05) is 19.6 Å².